The number of nitrogens with zero attached hydrogens (tertiary/aromatic N) is 2. The van der Waals surface area contributed by atoms with Crippen LogP contribution in [-0.4, -0.2) is 26.5 Å². The van der Waals surface area contributed by atoms with Gasteiger partial charge in [0.15, 0.2) is 10.9 Å². The van der Waals surface area contributed by atoms with E-state index in [0.717, 1.165) is 23.6 Å². The molecule has 25 heavy (non-hydrogen) atoms. The third-order valence-electron chi connectivity index (χ3n) is 5.65. The number of hydrogen-bond acceptors (Lipinski definition) is 4. The van der Waals surface area contributed by atoms with Crippen molar-refractivity contribution in [1.29, 1.82) is 0 Å². The van der Waals surface area contributed by atoms with Gasteiger partial charge in [-0.1, -0.05) is 66.4 Å². The van der Waals surface area contributed by atoms with Crippen molar-refractivity contribution in [2.75, 3.05) is 0 Å². The van der Waals surface area contributed by atoms with Crippen LogP contribution in [0.15, 0.2) is 59.6 Å². The van der Waals surface area contributed by atoms with Crippen LogP contribution in [0.1, 0.15) is 36.1 Å². The van der Waals surface area contributed by atoms with Gasteiger partial charge in [-0.15, -0.1) is 17.0 Å². The van der Waals surface area contributed by atoms with Crippen molar-refractivity contribution in [1.82, 2.24) is 4.90 Å². The normalized spacial score (nSPS) is 32.3. The summed E-state index contributed by atoms with van der Waals surface area (Å²) >= 11 is 1.70. The Morgan fingerprint density at radius 1 is 1.12 bits per heavy atom. The lowest BCUT2D eigenvalue weighted by Gasteiger charge is -2.42. The minimum absolute atomic E-state index is 0. The second kappa shape index (κ2) is 6.15. The van der Waals surface area contributed by atoms with Crippen molar-refractivity contribution in [3.63, 3.8) is 0 Å². The van der Waals surface area contributed by atoms with Gasteiger partial charge in [-0.25, -0.2) is 0 Å². The fourth-order valence-electron chi connectivity index (χ4n) is 4.45. The summed E-state index contributed by atoms with van der Waals surface area (Å²) in [6, 6.07) is 19.1. The van der Waals surface area contributed by atoms with Gasteiger partial charge in [-0.05, 0) is 30.9 Å². The van der Waals surface area contributed by atoms with Crippen LogP contribution in [0.25, 0.3) is 0 Å². The highest BCUT2D eigenvalue weighted by Crippen LogP contribution is 2.54. The van der Waals surface area contributed by atoms with Crippen molar-refractivity contribution in [3.8, 4) is 0 Å². The molecular formula is C20H21BrN2OS. The SMILES string of the molecule is Br.C[C@H]1SC2=NC3c4ccccc4CCC3N2[C@]1(O)c1ccccc1. The number of thioether (sulfide) groups is 1. The molecule has 2 unspecified atom stereocenters. The molecule has 4 atom stereocenters. The van der Waals surface area contributed by atoms with Crippen molar-refractivity contribution in [3.05, 3.63) is 71.3 Å². The van der Waals surface area contributed by atoms with E-state index in [4.69, 9.17) is 4.99 Å². The molecule has 5 rings (SSSR count). The third-order valence-corrected chi connectivity index (χ3v) is 6.85. The first-order chi connectivity index (χ1) is 11.7. The van der Waals surface area contributed by atoms with Crippen molar-refractivity contribution >= 4 is 33.9 Å². The quantitative estimate of drug-likeness (QED) is 0.753. The van der Waals surface area contributed by atoms with Crippen LogP contribution in [0, 0.1) is 0 Å². The Kier molecular flexibility index (Phi) is 4.21. The first-order valence-electron chi connectivity index (χ1n) is 8.59. The zero-order valence-corrected chi connectivity index (χ0v) is 16.5. The zero-order chi connectivity index (χ0) is 16.3. The fraction of sp³-hybridized carbons (Fsp3) is 0.350. The highest BCUT2D eigenvalue weighted by atomic mass is 79.9. The predicted octanol–water partition coefficient (Wildman–Crippen LogP) is 4.27. The second-order valence-electron chi connectivity index (χ2n) is 6.88. The summed E-state index contributed by atoms with van der Waals surface area (Å²) in [5.41, 5.74) is 2.73. The summed E-state index contributed by atoms with van der Waals surface area (Å²) < 4.78 is 0. The molecule has 2 heterocycles. The van der Waals surface area contributed by atoms with Crippen LogP contribution in [0.2, 0.25) is 0 Å². The molecule has 2 aromatic carbocycles. The van der Waals surface area contributed by atoms with E-state index in [-0.39, 0.29) is 34.3 Å². The molecule has 1 aliphatic carbocycles. The molecule has 0 spiro atoms. The van der Waals surface area contributed by atoms with Crippen LogP contribution in [-0.2, 0) is 12.1 Å². The number of halogens is 1. The number of rotatable bonds is 1. The number of aliphatic imine (C=N–C) groups is 1. The fourth-order valence-corrected chi connectivity index (χ4v) is 5.74. The summed E-state index contributed by atoms with van der Waals surface area (Å²) in [7, 11) is 0. The average Bonchev–Trinajstić information content (AvgIpc) is 3.11. The molecule has 2 aliphatic heterocycles. The lowest BCUT2D eigenvalue weighted by atomic mass is 9.83. The number of hydrogen-bond donors (Lipinski definition) is 1. The van der Waals surface area contributed by atoms with E-state index in [0.29, 0.717) is 0 Å². The minimum atomic E-state index is -0.976. The predicted molar refractivity (Wildman–Crippen MR) is 108 cm³/mol. The zero-order valence-electron chi connectivity index (χ0n) is 14.0. The van der Waals surface area contributed by atoms with Gasteiger partial charge in [-0.3, -0.25) is 4.99 Å². The van der Waals surface area contributed by atoms with Crippen LogP contribution >= 0.6 is 28.7 Å². The molecule has 3 aliphatic rings. The van der Waals surface area contributed by atoms with Crippen LogP contribution in [0.3, 0.4) is 0 Å². The van der Waals surface area contributed by atoms with E-state index < -0.39 is 5.72 Å². The van der Waals surface area contributed by atoms with Gasteiger partial charge < -0.3 is 10.0 Å². The van der Waals surface area contributed by atoms with E-state index in [1.54, 1.807) is 11.8 Å². The van der Waals surface area contributed by atoms with Gasteiger partial charge in [0.05, 0.1) is 17.3 Å². The molecule has 0 aromatic heterocycles. The molecule has 5 heteroatoms. The van der Waals surface area contributed by atoms with E-state index in [1.807, 2.05) is 30.3 Å². The van der Waals surface area contributed by atoms with Gasteiger partial charge in [0.25, 0.3) is 0 Å². The maximum Gasteiger partial charge on any atom is 0.178 e. The lowest BCUT2D eigenvalue weighted by molar-refractivity contribution is -0.0859. The summed E-state index contributed by atoms with van der Waals surface area (Å²) in [4.78, 5) is 7.24. The Morgan fingerprint density at radius 3 is 2.64 bits per heavy atom. The van der Waals surface area contributed by atoms with Gasteiger partial charge >= 0.3 is 0 Å². The Bertz CT molecular complexity index is 827. The molecule has 1 N–H and O–H groups in total. The highest BCUT2D eigenvalue weighted by molar-refractivity contribution is 8.93. The molecule has 0 amide bonds. The van der Waals surface area contributed by atoms with Gasteiger partial charge in [0.1, 0.15) is 0 Å². The molecule has 3 nitrogen and oxygen atoms in total. The standard InChI is InChI=1S/C20H20N2OS.BrH/c1-13-20(23,15-8-3-2-4-9-15)22-17-12-11-14-7-5-6-10-16(14)18(17)21-19(22)24-13;/h2-10,13,17-18,23H,11-12H2,1H3;1H/t13-,17?,18?,20-;/m1./s1. The first-order valence-corrected chi connectivity index (χ1v) is 9.47. The number of fused-ring (bicyclic) bond motifs is 5. The highest BCUT2D eigenvalue weighted by Gasteiger charge is 2.57. The van der Waals surface area contributed by atoms with Gasteiger partial charge in [-0.2, -0.15) is 0 Å². The van der Waals surface area contributed by atoms with Crippen molar-refractivity contribution in [2.45, 2.75) is 42.8 Å². The summed E-state index contributed by atoms with van der Waals surface area (Å²) in [6.45, 7) is 2.10. The Morgan fingerprint density at radius 2 is 1.84 bits per heavy atom. The number of amidine groups is 1. The lowest BCUT2D eigenvalue weighted by Crippen LogP contribution is -2.52. The maximum atomic E-state index is 11.7. The first kappa shape index (κ1) is 17.1. The number of aliphatic hydroxyl groups is 1. The topological polar surface area (TPSA) is 35.8 Å². The Hall–Kier alpha value is -1.30. The molecule has 0 bridgehead atoms. The summed E-state index contributed by atoms with van der Waals surface area (Å²) in [5.74, 6) is 0. The molecular weight excluding hydrogens is 396 g/mol. The molecule has 130 valence electrons. The second-order valence-corrected chi connectivity index (χ2v) is 8.19. The molecule has 2 aromatic rings. The molecule has 0 radical (unpaired) electrons. The molecule has 1 fully saturated rings. The van der Waals surface area contributed by atoms with Gasteiger partial charge in [0.2, 0.25) is 0 Å². The van der Waals surface area contributed by atoms with Gasteiger partial charge in [0, 0.05) is 5.56 Å². The van der Waals surface area contributed by atoms with Crippen LogP contribution < -0.4 is 0 Å². The van der Waals surface area contributed by atoms with E-state index in [9.17, 15) is 5.11 Å². The average molecular weight is 417 g/mol. The summed E-state index contributed by atoms with van der Waals surface area (Å²) in [6.07, 6.45) is 2.09. The Labute approximate surface area is 162 Å². The molecule has 0 saturated carbocycles. The third kappa shape index (κ3) is 2.32. The molecule has 1 saturated heterocycles. The summed E-state index contributed by atoms with van der Waals surface area (Å²) in [5, 5.41) is 12.8. The van der Waals surface area contributed by atoms with Crippen LogP contribution in [0.4, 0.5) is 0 Å². The van der Waals surface area contributed by atoms with E-state index in [2.05, 4.69) is 36.1 Å². The van der Waals surface area contributed by atoms with Crippen molar-refractivity contribution in [2.24, 2.45) is 4.99 Å². The number of benzene rings is 2. The van der Waals surface area contributed by atoms with E-state index >= 15 is 0 Å². The smallest absolute Gasteiger partial charge is 0.178 e. The minimum Gasteiger partial charge on any atom is -0.366 e. The van der Waals surface area contributed by atoms with Crippen LogP contribution in [0.5, 0.6) is 0 Å². The monoisotopic (exact) mass is 416 g/mol. The van der Waals surface area contributed by atoms with Crippen molar-refractivity contribution < 1.29 is 5.11 Å². The van der Waals surface area contributed by atoms with E-state index in [1.165, 1.54) is 11.1 Å². The Balaban J connectivity index is 0.00000157. The largest absolute Gasteiger partial charge is 0.366 e. The maximum absolute atomic E-state index is 11.7. The number of aryl methyl sites for hydroxylation is 1.